The molecule has 0 fully saturated rings. The first-order valence-corrected chi connectivity index (χ1v) is 7.80. The van der Waals surface area contributed by atoms with Gasteiger partial charge < -0.3 is 10.1 Å². The van der Waals surface area contributed by atoms with Gasteiger partial charge in [-0.15, -0.1) is 0 Å². The van der Waals surface area contributed by atoms with Gasteiger partial charge in [0.05, 0.1) is 0 Å². The molecule has 0 heterocycles. The summed E-state index contributed by atoms with van der Waals surface area (Å²) < 4.78 is 5.95. The number of rotatable bonds is 7. The van der Waals surface area contributed by atoms with E-state index in [0.29, 0.717) is 6.61 Å². The van der Waals surface area contributed by atoms with Crippen LogP contribution in [0.1, 0.15) is 30.5 Å². The molecular formula is C18H22ClNO. The Morgan fingerprint density at radius 3 is 2.38 bits per heavy atom. The van der Waals surface area contributed by atoms with Crippen LogP contribution in [0.2, 0.25) is 5.02 Å². The molecule has 0 saturated heterocycles. The van der Waals surface area contributed by atoms with Crippen molar-refractivity contribution in [1.82, 2.24) is 5.32 Å². The van der Waals surface area contributed by atoms with Crippen molar-refractivity contribution in [3.05, 3.63) is 64.2 Å². The summed E-state index contributed by atoms with van der Waals surface area (Å²) in [5.41, 5.74) is 3.61. The van der Waals surface area contributed by atoms with Crippen molar-refractivity contribution in [1.29, 1.82) is 0 Å². The van der Waals surface area contributed by atoms with Crippen LogP contribution in [0, 0.1) is 0 Å². The third-order valence-electron chi connectivity index (χ3n) is 3.41. The van der Waals surface area contributed by atoms with Gasteiger partial charge in [-0.3, -0.25) is 0 Å². The first-order chi connectivity index (χ1) is 10.2. The monoisotopic (exact) mass is 303 g/mol. The zero-order valence-corrected chi connectivity index (χ0v) is 13.4. The second-order valence-corrected chi connectivity index (χ2v) is 5.43. The van der Waals surface area contributed by atoms with Gasteiger partial charge in [-0.1, -0.05) is 49.7 Å². The number of aryl methyl sites for hydroxylation is 1. The molecule has 0 amide bonds. The van der Waals surface area contributed by atoms with Crippen molar-refractivity contribution < 1.29 is 4.74 Å². The van der Waals surface area contributed by atoms with Crippen LogP contribution in [0.15, 0.2) is 42.5 Å². The van der Waals surface area contributed by atoms with Crippen molar-refractivity contribution in [2.75, 3.05) is 6.54 Å². The minimum atomic E-state index is 0.574. The van der Waals surface area contributed by atoms with Crippen LogP contribution >= 0.6 is 11.6 Å². The fraction of sp³-hybridized carbons (Fsp3) is 0.333. The molecule has 21 heavy (non-hydrogen) atoms. The SMILES string of the molecule is CCNCc1cc(Cl)ccc1OCc1ccc(CC)cc1. The lowest BCUT2D eigenvalue weighted by Gasteiger charge is -2.12. The van der Waals surface area contributed by atoms with Crippen LogP contribution < -0.4 is 10.1 Å². The molecule has 0 aliphatic rings. The van der Waals surface area contributed by atoms with E-state index < -0.39 is 0 Å². The summed E-state index contributed by atoms with van der Waals surface area (Å²) >= 11 is 6.06. The molecule has 2 rings (SSSR count). The van der Waals surface area contributed by atoms with Gasteiger partial charge in [0.1, 0.15) is 12.4 Å². The van der Waals surface area contributed by atoms with Gasteiger partial charge in [0.25, 0.3) is 0 Å². The maximum atomic E-state index is 6.06. The van der Waals surface area contributed by atoms with Gasteiger partial charge in [0, 0.05) is 17.1 Å². The first-order valence-electron chi connectivity index (χ1n) is 7.42. The fourth-order valence-electron chi connectivity index (χ4n) is 2.12. The fourth-order valence-corrected chi connectivity index (χ4v) is 2.31. The second kappa shape index (κ2) is 8.06. The summed E-state index contributed by atoms with van der Waals surface area (Å²) in [6.45, 7) is 6.50. The van der Waals surface area contributed by atoms with E-state index in [4.69, 9.17) is 16.3 Å². The van der Waals surface area contributed by atoms with E-state index in [9.17, 15) is 0 Å². The molecule has 3 heteroatoms. The van der Waals surface area contributed by atoms with Crippen LogP contribution in [0.3, 0.4) is 0 Å². The molecule has 0 saturated carbocycles. The Morgan fingerprint density at radius 1 is 1.00 bits per heavy atom. The molecule has 0 aliphatic carbocycles. The largest absolute Gasteiger partial charge is 0.489 e. The molecule has 0 aliphatic heterocycles. The summed E-state index contributed by atoms with van der Waals surface area (Å²) in [7, 11) is 0. The highest BCUT2D eigenvalue weighted by Crippen LogP contribution is 2.24. The zero-order valence-electron chi connectivity index (χ0n) is 12.7. The Kier molecular flexibility index (Phi) is 6.09. The summed E-state index contributed by atoms with van der Waals surface area (Å²) in [6, 6.07) is 14.3. The predicted octanol–water partition coefficient (Wildman–Crippen LogP) is 4.59. The van der Waals surface area contributed by atoms with E-state index >= 15 is 0 Å². The maximum absolute atomic E-state index is 6.06. The lowest BCUT2D eigenvalue weighted by molar-refractivity contribution is 0.302. The highest BCUT2D eigenvalue weighted by atomic mass is 35.5. The Hall–Kier alpha value is -1.51. The Balaban J connectivity index is 2.04. The van der Waals surface area contributed by atoms with Gasteiger partial charge in [0.15, 0.2) is 0 Å². The summed E-state index contributed by atoms with van der Waals surface area (Å²) in [6.07, 6.45) is 1.06. The highest BCUT2D eigenvalue weighted by molar-refractivity contribution is 6.30. The minimum Gasteiger partial charge on any atom is -0.489 e. The van der Waals surface area contributed by atoms with E-state index in [1.165, 1.54) is 11.1 Å². The molecule has 0 unspecified atom stereocenters. The molecule has 2 aromatic rings. The molecule has 0 atom stereocenters. The van der Waals surface area contributed by atoms with Crippen LogP contribution in [-0.2, 0) is 19.6 Å². The number of ether oxygens (including phenoxy) is 1. The number of halogens is 1. The topological polar surface area (TPSA) is 21.3 Å². The third kappa shape index (κ3) is 4.76. The summed E-state index contributed by atoms with van der Waals surface area (Å²) in [5.74, 6) is 0.889. The third-order valence-corrected chi connectivity index (χ3v) is 3.65. The van der Waals surface area contributed by atoms with Crippen molar-refractivity contribution in [3.63, 3.8) is 0 Å². The maximum Gasteiger partial charge on any atom is 0.124 e. The lowest BCUT2D eigenvalue weighted by atomic mass is 10.1. The average molecular weight is 304 g/mol. The molecule has 0 radical (unpaired) electrons. The molecule has 0 aromatic heterocycles. The van der Waals surface area contributed by atoms with E-state index in [1.807, 2.05) is 18.2 Å². The molecule has 0 bridgehead atoms. The first kappa shape index (κ1) is 15.9. The van der Waals surface area contributed by atoms with Crippen LogP contribution in [0.5, 0.6) is 5.75 Å². The van der Waals surface area contributed by atoms with Crippen LogP contribution in [0.4, 0.5) is 0 Å². The molecular weight excluding hydrogens is 282 g/mol. The standard InChI is InChI=1S/C18H22ClNO/c1-3-14-5-7-15(8-6-14)13-21-18-10-9-17(19)11-16(18)12-20-4-2/h5-11,20H,3-4,12-13H2,1-2H3. The zero-order chi connectivity index (χ0) is 15.1. The Labute approximate surface area is 132 Å². The molecule has 2 nitrogen and oxygen atoms in total. The van der Waals surface area contributed by atoms with Crippen LogP contribution in [0.25, 0.3) is 0 Å². The van der Waals surface area contributed by atoms with Gasteiger partial charge in [0.2, 0.25) is 0 Å². The molecule has 112 valence electrons. The molecule has 2 aromatic carbocycles. The normalized spacial score (nSPS) is 10.6. The quantitative estimate of drug-likeness (QED) is 0.807. The molecule has 0 spiro atoms. The molecule has 1 N–H and O–H groups in total. The Morgan fingerprint density at radius 2 is 1.71 bits per heavy atom. The lowest BCUT2D eigenvalue weighted by Crippen LogP contribution is -2.13. The van der Waals surface area contributed by atoms with Crippen molar-refractivity contribution in [2.24, 2.45) is 0 Å². The highest BCUT2D eigenvalue weighted by Gasteiger charge is 2.05. The number of hydrogen-bond donors (Lipinski definition) is 1. The van der Waals surface area contributed by atoms with Crippen molar-refractivity contribution in [2.45, 2.75) is 33.4 Å². The smallest absolute Gasteiger partial charge is 0.124 e. The Bertz CT molecular complexity index is 566. The van der Waals surface area contributed by atoms with Gasteiger partial charge >= 0.3 is 0 Å². The second-order valence-electron chi connectivity index (χ2n) is 4.99. The van der Waals surface area contributed by atoms with E-state index in [-0.39, 0.29) is 0 Å². The van der Waals surface area contributed by atoms with Gasteiger partial charge in [-0.05, 0) is 42.3 Å². The number of hydrogen-bond acceptors (Lipinski definition) is 2. The van der Waals surface area contributed by atoms with Crippen molar-refractivity contribution >= 4 is 11.6 Å². The van der Waals surface area contributed by atoms with E-state index in [2.05, 4.69) is 43.4 Å². The summed E-state index contributed by atoms with van der Waals surface area (Å²) in [5, 5.41) is 4.05. The number of benzene rings is 2. The van der Waals surface area contributed by atoms with E-state index in [1.54, 1.807) is 0 Å². The summed E-state index contributed by atoms with van der Waals surface area (Å²) in [4.78, 5) is 0. The average Bonchev–Trinajstić information content (AvgIpc) is 2.52. The minimum absolute atomic E-state index is 0.574. The van der Waals surface area contributed by atoms with Crippen molar-refractivity contribution in [3.8, 4) is 5.75 Å². The van der Waals surface area contributed by atoms with Crippen LogP contribution in [-0.4, -0.2) is 6.54 Å². The number of nitrogens with one attached hydrogen (secondary N) is 1. The van der Waals surface area contributed by atoms with E-state index in [0.717, 1.165) is 35.8 Å². The van der Waals surface area contributed by atoms with Gasteiger partial charge in [-0.2, -0.15) is 0 Å². The predicted molar refractivity (Wildman–Crippen MR) is 89.0 cm³/mol. The van der Waals surface area contributed by atoms with Gasteiger partial charge in [-0.25, -0.2) is 0 Å².